The van der Waals surface area contributed by atoms with E-state index in [1.54, 1.807) is 0 Å². The predicted molar refractivity (Wildman–Crippen MR) is 87.1 cm³/mol. The molecule has 0 aliphatic carbocycles. The van der Waals surface area contributed by atoms with Crippen molar-refractivity contribution in [3.8, 4) is 0 Å². The van der Waals surface area contributed by atoms with Crippen LogP contribution in [0.2, 0.25) is 0 Å². The van der Waals surface area contributed by atoms with Crippen molar-refractivity contribution >= 4 is 19.7 Å². The molecule has 0 radical (unpaired) electrons. The average Bonchev–Trinajstić information content (AvgIpc) is 2.55. The summed E-state index contributed by atoms with van der Waals surface area (Å²) in [5, 5.41) is 0. The Labute approximate surface area is 125 Å². The van der Waals surface area contributed by atoms with Gasteiger partial charge in [0.05, 0.1) is 6.16 Å². The monoisotopic (exact) mass is 302 g/mol. The summed E-state index contributed by atoms with van der Waals surface area (Å²) >= 11 is 0. The van der Waals surface area contributed by atoms with Crippen molar-refractivity contribution in [3.05, 3.63) is 71.3 Å². The van der Waals surface area contributed by atoms with Crippen LogP contribution >= 0.6 is 7.60 Å². The first-order chi connectivity index (χ1) is 10.1. The summed E-state index contributed by atoms with van der Waals surface area (Å²) in [6.45, 7) is 0. The molecular formula is C17H19O3P. The van der Waals surface area contributed by atoms with Gasteiger partial charge in [-0.15, -0.1) is 0 Å². The third-order valence-corrected chi connectivity index (χ3v) is 5.05. The van der Waals surface area contributed by atoms with Gasteiger partial charge in [0.25, 0.3) is 0 Å². The van der Waals surface area contributed by atoms with Crippen LogP contribution in [0, 0.1) is 0 Å². The minimum absolute atomic E-state index is 0.280. The van der Waals surface area contributed by atoms with E-state index in [4.69, 9.17) is 9.05 Å². The maximum absolute atomic E-state index is 12.1. The zero-order valence-corrected chi connectivity index (χ0v) is 13.1. The number of rotatable bonds is 6. The molecule has 110 valence electrons. The van der Waals surface area contributed by atoms with Gasteiger partial charge in [0.15, 0.2) is 0 Å². The summed E-state index contributed by atoms with van der Waals surface area (Å²) in [4.78, 5) is 0. The summed E-state index contributed by atoms with van der Waals surface area (Å²) < 4.78 is 21.9. The van der Waals surface area contributed by atoms with E-state index in [0.717, 1.165) is 16.7 Å². The zero-order chi connectivity index (χ0) is 15.1. The van der Waals surface area contributed by atoms with Gasteiger partial charge in [0.2, 0.25) is 0 Å². The van der Waals surface area contributed by atoms with Gasteiger partial charge in [-0.2, -0.15) is 0 Å². The van der Waals surface area contributed by atoms with Crippen molar-refractivity contribution in [2.45, 2.75) is 6.16 Å². The van der Waals surface area contributed by atoms with Gasteiger partial charge in [-0.3, -0.25) is 4.57 Å². The number of benzene rings is 2. The molecule has 0 aliphatic heterocycles. The van der Waals surface area contributed by atoms with Crippen LogP contribution in [-0.2, 0) is 19.8 Å². The highest BCUT2D eigenvalue weighted by Gasteiger charge is 2.21. The van der Waals surface area contributed by atoms with Crippen molar-refractivity contribution in [2.24, 2.45) is 0 Å². The fraction of sp³-hybridized carbons (Fsp3) is 0.176. The van der Waals surface area contributed by atoms with Crippen LogP contribution in [0.15, 0.2) is 54.6 Å². The summed E-state index contributed by atoms with van der Waals surface area (Å²) in [5.74, 6) is 0. The molecule has 2 aromatic carbocycles. The topological polar surface area (TPSA) is 35.5 Å². The van der Waals surface area contributed by atoms with E-state index in [1.807, 2.05) is 48.5 Å². The maximum atomic E-state index is 12.1. The first-order valence-electron chi connectivity index (χ1n) is 6.68. The largest absolute Gasteiger partial charge is 0.334 e. The Morgan fingerprint density at radius 2 is 1.38 bits per heavy atom. The van der Waals surface area contributed by atoms with Crippen LogP contribution in [0.5, 0.6) is 0 Å². The molecule has 0 spiro atoms. The number of hydrogen-bond donors (Lipinski definition) is 0. The van der Waals surface area contributed by atoms with Crippen molar-refractivity contribution in [2.75, 3.05) is 14.2 Å². The molecule has 0 aromatic heterocycles. The molecule has 2 rings (SSSR count). The Hall–Kier alpha value is -1.67. The molecule has 2 aromatic rings. The summed E-state index contributed by atoms with van der Waals surface area (Å²) in [5.41, 5.74) is 3.18. The second-order valence-corrected chi connectivity index (χ2v) is 6.89. The van der Waals surface area contributed by atoms with Gasteiger partial charge in [0.1, 0.15) is 0 Å². The Morgan fingerprint density at radius 1 is 0.857 bits per heavy atom. The minimum Gasteiger partial charge on any atom is -0.312 e. The predicted octanol–water partition coefficient (Wildman–Crippen LogP) is 4.84. The Kier molecular flexibility index (Phi) is 5.51. The Balaban J connectivity index is 2.06. The number of hydrogen-bond acceptors (Lipinski definition) is 3. The van der Waals surface area contributed by atoms with Crippen molar-refractivity contribution in [1.29, 1.82) is 0 Å². The van der Waals surface area contributed by atoms with Crippen LogP contribution in [0.25, 0.3) is 12.2 Å². The quantitative estimate of drug-likeness (QED) is 0.565. The smallest absolute Gasteiger partial charge is 0.312 e. The van der Waals surface area contributed by atoms with E-state index in [2.05, 4.69) is 18.2 Å². The standard InChI is InChI=1S/C17H19O3P/c1-19-21(18,20-2)14-17-12-10-16(11-13-17)9-8-15-6-4-3-5-7-15/h3-13H,14H2,1-2H3. The molecule has 0 bridgehead atoms. The molecule has 0 atom stereocenters. The van der Waals surface area contributed by atoms with E-state index in [9.17, 15) is 4.57 Å². The molecule has 0 saturated heterocycles. The van der Waals surface area contributed by atoms with Gasteiger partial charge in [0, 0.05) is 14.2 Å². The third-order valence-electron chi connectivity index (χ3n) is 3.18. The summed E-state index contributed by atoms with van der Waals surface area (Å²) in [6.07, 6.45) is 4.39. The fourth-order valence-corrected chi connectivity index (χ4v) is 2.98. The van der Waals surface area contributed by atoms with E-state index in [1.165, 1.54) is 14.2 Å². The minimum atomic E-state index is -3.00. The molecule has 21 heavy (non-hydrogen) atoms. The molecular weight excluding hydrogens is 283 g/mol. The van der Waals surface area contributed by atoms with Gasteiger partial charge in [-0.05, 0) is 16.7 Å². The molecule has 4 heteroatoms. The van der Waals surface area contributed by atoms with Crippen LogP contribution in [0.1, 0.15) is 16.7 Å². The second-order valence-electron chi connectivity index (χ2n) is 4.62. The zero-order valence-electron chi connectivity index (χ0n) is 12.2. The summed E-state index contributed by atoms with van der Waals surface area (Å²) in [7, 11) is -0.191. The van der Waals surface area contributed by atoms with Crippen LogP contribution in [-0.4, -0.2) is 14.2 Å². The highest BCUT2D eigenvalue weighted by atomic mass is 31.2. The van der Waals surface area contributed by atoms with E-state index in [0.29, 0.717) is 0 Å². The van der Waals surface area contributed by atoms with Crippen LogP contribution < -0.4 is 0 Å². The van der Waals surface area contributed by atoms with Gasteiger partial charge in [-0.1, -0.05) is 66.7 Å². The SMILES string of the molecule is COP(=O)(Cc1ccc(C=Cc2ccccc2)cc1)OC. The summed E-state index contributed by atoms with van der Waals surface area (Å²) in [6, 6.07) is 18.0. The van der Waals surface area contributed by atoms with Crippen molar-refractivity contribution < 1.29 is 13.6 Å². The Morgan fingerprint density at radius 3 is 1.90 bits per heavy atom. The van der Waals surface area contributed by atoms with E-state index in [-0.39, 0.29) is 6.16 Å². The molecule has 0 fully saturated rings. The normalized spacial score (nSPS) is 11.9. The van der Waals surface area contributed by atoms with Crippen molar-refractivity contribution in [3.63, 3.8) is 0 Å². The van der Waals surface area contributed by atoms with Crippen LogP contribution in [0.3, 0.4) is 0 Å². The highest BCUT2D eigenvalue weighted by molar-refractivity contribution is 7.52. The molecule has 0 heterocycles. The maximum Gasteiger partial charge on any atom is 0.334 e. The molecule has 0 N–H and O–H groups in total. The van der Waals surface area contributed by atoms with Crippen molar-refractivity contribution in [1.82, 2.24) is 0 Å². The lowest BCUT2D eigenvalue weighted by molar-refractivity contribution is 0.275. The highest BCUT2D eigenvalue weighted by Crippen LogP contribution is 2.49. The van der Waals surface area contributed by atoms with Gasteiger partial charge < -0.3 is 9.05 Å². The van der Waals surface area contributed by atoms with E-state index >= 15 is 0 Å². The second kappa shape index (κ2) is 7.37. The molecule has 0 amide bonds. The van der Waals surface area contributed by atoms with Crippen LogP contribution in [0.4, 0.5) is 0 Å². The lowest BCUT2D eigenvalue weighted by atomic mass is 10.1. The Bertz CT molecular complexity index is 625. The molecule has 0 aliphatic rings. The average molecular weight is 302 g/mol. The van der Waals surface area contributed by atoms with E-state index < -0.39 is 7.60 Å². The molecule has 0 saturated carbocycles. The van der Waals surface area contributed by atoms with Gasteiger partial charge in [-0.25, -0.2) is 0 Å². The molecule has 0 unspecified atom stereocenters. The first-order valence-corrected chi connectivity index (χ1v) is 8.40. The lowest BCUT2D eigenvalue weighted by Crippen LogP contribution is -1.93. The van der Waals surface area contributed by atoms with Gasteiger partial charge >= 0.3 is 7.60 Å². The first kappa shape index (κ1) is 15.7. The molecule has 3 nitrogen and oxygen atoms in total. The third kappa shape index (κ3) is 4.68. The lowest BCUT2D eigenvalue weighted by Gasteiger charge is -2.13. The fourth-order valence-electron chi connectivity index (χ4n) is 1.92.